The minimum atomic E-state index is -0.426. The summed E-state index contributed by atoms with van der Waals surface area (Å²) in [5.74, 6) is 0.185. The first-order valence-corrected chi connectivity index (χ1v) is 6.61. The number of nitrogens with zero attached hydrogens (tertiary/aromatic N) is 1. The summed E-state index contributed by atoms with van der Waals surface area (Å²) in [5.41, 5.74) is 5.34. The largest absolute Gasteiger partial charge is 0.375 e. The van der Waals surface area contributed by atoms with Crippen molar-refractivity contribution in [2.45, 2.75) is 52.7 Å². The van der Waals surface area contributed by atoms with E-state index in [0.29, 0.717) is 19.7 Å². The fraction of sp³-hybridized carbons (Fsp3) is 0.923. The standard InChI is InChI=1S/C13H26N2O2/c1-5-11-8-17-10(3)7-15(11)12(16)13(4,6-2)9-14/h10-11H,5-9,14H2,1-4H3. The number of hydrogen-bond acceptors (Lipinski definition) is 3. The summed E-state index contributed by atoms with van der Waals surface area (Å²) in [5, 5.41) is 0. The molecule has 3 atom stereocenters. The van der Waals surface area contributed by atoms with Gasteiger partial charge in [0.25, 0.3) is 0 Å². The lowest BCUT2D eigenvalue weighted by atomic mass is 9.85. The molecule has 1 amide bonds. The van der Waals surface area contributed by atoms with E-state index in [1.807, 2.05) is 25.7 Å². The van der Waals surface area contributed by atoms with Crippen molar-refractivity contribution < 1.29 is 9.53 Å². The fourth-order valence-corrected chi connectivity index (χ4v) is 2.16. The average molecular weight is 242 g/mol. The molecule has 0 aliphatic carbocycles. The molecule has 0 aromatic carbocycles. The molecule has 4 heteroatoms. The topological polar surface area (TPSA) is 55.6 Å². The van der Waals surface area contributed by atoms with E-state index in [9.17, 15) is 4.79 Å². The zero-order chi connectivity index (χ0) is 13.1. The van der Waals surface area contributed by atoms with Gasteiger partial charge in [-0.15, -0.1) is 0 Å². The number of carbonyl (C=O) groups excluding carboxylic acids is 1. The fourth-order valence-electron chi connectivity index (χ4n) is 2.16. The van der Waals surface area contributed by atoms with E-state index < -0.39 is 5.41 Å². The lowest BCUT2D eigenvalue weighted by molar-refractivity contribution is -0.154. The number of carbonyl (C=O) groups is 1. The predicted octanol–water partition coefficient (Wildman–Crippen LogP) is 1.39. The van der Waals surface area contributed by atoms with Gasteiger partial charge in [0.1, 0.15) is 0 Å². The molecule has 0 bridgehead atoms. The molecular weight excluding hydrogens is 216 g/mol. The van der Waals surface area contributed by atoms with Crippen LogP contribution in [-0.4, -0.2) is 42.6 Å². The summed E-state index contributed by atoms with van der Waals surface area (Å²) >= 11 is 0. The maximum absolute atomic E-state index is 12.6. The molecule has 1 aliphatic heterocycles. The molecular formula is C13H26N2O2. The van der Waals surface area contributed by atoms with Gasteiger partial charge in [-0.05, 0) is 26.7 Å². The van der Waals surface area contributed by atoms with E-state index in [-0.39, 0.29) is 18.1 Å². The van der Waals surface area contributed by atoms with Gasteiger partial charge in [-0.25, -0.2) is 0 Å². The highest BCUT2D eigenvalue weighted by Crippen LogP contribution is 2.26. The van der Waals surface area contributed by atoms with Crippen LogP contribution in [0.2, 0.25) is 0 Å². The zero-order valence-corrected chi connectivity index (χ0v) is 11.5. The first kappa shape index (κ1) is 14.5. The van der Waals surface area contributed by atoms with Crippen molar-refractivity contribution in [2.75, 3.05) is 19.7 Å². The van der Waals surface area contributed by atoms with E-state index in [4.69, 9.17) is 10.5 Å². The molecule has 0 spiro atoms. The Labute approximate surface area is 104 Å². The normalized spacial score (nSPS) is 28.9. The summed E-state index contributed by atoms with van der Waals surface area (Å²) in [6.07, 6.45) is 1.84. The lowest BCUT2D eigenvalue weighted by Gasteiger charge is -2.42. The number of morpholine rings is 1. The van der Waals surface area contributed by atoms with E-state index >= 15 is 0 Å². The van der Waals surface area contributed by atoms with Crippen LogP contribution in [0.4, 0.5) is 0 Å². The second kappa shape index (κ2) is 5.83. The summed E-state index contributed by atoms with van der Waals surface area (Å²) in [6.45, 7) is 9.83. The molecule has 1 aliphatic rings. The second-order valence-electron chi connectivity index (χ2n) is 5.28. The number of amides is 1. The smallest absolute Gasteiger partial charge is 0.230 e. The van der Waals surface area contributed by atoms with Crippen molar-refractivity contribution in [3.05, 3.63) is 0 Å². The third-order valence-corrected chi connectivity index (χ3v) is 3.95. The minimum Gasteiger partial charge on any atom is -0.375 e. The molecule has 1 saturated heterocycles. The summed E-state index contributed by atoms with van der Waals surface area (Å²) < 4.78 is 5.62. The minimum absolute atomic E-state index is 0.126. The second-order valence-corrected chi connectivity index (χ2v) is 5.28. The Kier molecular flexibility index (Phi) is 4.95. The third kappa shape index (κ3) is 2.99. The molecule has 17 heavy (non-hydrogen) atoms. The van der Waals surface area contributed by atoms with Crippen molar-refractivity contribution in [1.29, 1.82) is 0 Å². The summed E-state index contributed by atoms with van der Waals surface area (Å²) in [7, 11) is 0. The third-order valence-electron chi connectivity index (χ3n) is 3.95. The number of nitrogens with two attached hydrogens (primary N) is 1. The Morgan fingerprint density at radius 3 is 2.65 bits per heavy atom. The molecule has 3 unspecified atom stereocenters. The van der Waals surface area contributed by atoms with E-state index in [1.54, 1.807) is 0 Å². The van der Waals surface area contributed by atoms with Gasteiger partial charge >= 0.3 is 0 Å². The number of hydrogen-bond donors (Lipinski definition) is 1. The molecule has 2 N–H and O–H groups in total. The monoisotopic (exact) mass is 242 g/mol. The summed E-state index contributed by atoms with van der Waals surface area (Å²) in [4.78, 5) is 14.6. The molecule has 1 fully saturated rings. The Morgan fingerprint density at radius 1 is 1.53 bits per heavy atom. The highest BCUT2D eigenvalue weighted by Gasteiger charge is 2.38. The molecule has 0 aromatic heterocycles. The Balaban J connectivity index is 2.83. The van der Waals surface area contributed by atoms with Crippen LogP contribution in [0.25, 0.3) is 0 Å². The van der Waals surface area contributed by atoms with Crippen LogP contribution in [0.15, 0.2) is 0 Å². The van der Waals surface area contributed by atoms with Crippen molar-refractivity contribution in [2.24, 2.45) is 11.1 Å². The highest BCUT2D eigenvalue weighted by molar-refractivity contribution is 5.83. The molecule has 100 valence electrons. The van der Waals surface area contributed by atoms with Gasteiger partial charge in [-0.3, -0.25) is 4.79 Å². The molecule has 0 radical (unpaired) electrons. The van der Waals surface area contributed by atoms with Crippen LogP contribution in [0, 0.1) is 5.41 Å². The Hall–Kier alpha value is -0.610. The zero-order valence-electron chi connectivity index (χ0n) is 11.5. The van der Waals surface area contributed by atoms with Crippen LogP contribution in [0.5, 0.6) is 0 Å². The van der Waals surface area contributed by atoms with Crippen molar-refractivity contribution in [1.82, 2.24) is 4.90 Å². The van der Waals surface area contributed by atoms with Gasteiger partial charge in [0.2, 0.25) is 5.91 Å². The van der Waals surface area contributed by atoms with Crippen LogP contribution in [-0.2, 0) is 9.53 Å². The summed E-state index contributed by atoms with van der Waals surface area (Å²) in [6, 6.07) is 0.205. The SMILES string of the molecule is CCC1COC(C)CN1C(=O)C(C)(CC)CN. The molecule has 0 aromatic rings. The van der Waals surface area contributed by atoms with Crippen molar-refractivity contribution in [3.63, 3.8) is 0 Å². The van der Waals surface area contributed by atoms with Gasteiger partial charge in [-0.1, -0.05) is 13.8 Å². The maximum atomic E-state index is 12.6. The quantitative estimate of drug-likeness (QED) is 0.810. The van der Waals surface area contributed by atoms with Gasteiger partial charge < -0.3 is 15.4 Å². The Bertz CT molecular complexity index is 264. The molecule has 1 heterocycles. The van der Waals surface area contributed by atoms with Crippen molar-refractivity contribution in [3.8, 4) is 0 Å². The van der Waals surface area contributed by atoms with Gasteiger partial charge in [0.15, 0.2) is 0 Å². The van der Waals surface area contributed by atoms with Gasteiger partial charge in [0, 0.05) is 13.1 Å². The Morgan fingerprint density at radius 2 is 2.18 bits per heavy atom. The van der Waals surface area contributed by atoms with Crippen LogP contribution in [0.3, 0.4) is 0 Å². The van der Waals surface area contributed by atoms with E-state index in [1.165, 1.54) is 0 Å². The van der Waals surface area contributed by atoms with E-state index in [2.05, 4.69) is 6.92 Å². The maximum Gasteiger partial charge on any atom is 0.230 e. The molecule has 1 rings (SSSR count). The van der Waals surface area contributed by atoms with Crippen LogP contribution in [0.1, 0.15) is 40.5 Å². The van der Waals surface area contributed by atoms with Gasteiger partial charge in [-0.2, -0.15) is 0 Å². The average Bonchev–Trinajstić information content (AvgIpc) is 2.36. The lowest BCUT2D eigenvalue weighted by Crippen LogP contribution is -2.56. The predicted molar refractivity (Wildman–Crippen MR) is 68.7 cm³/mol. The van der Waals surface area contributed by atoms with Crippen LogP contribution >= 0.6 is 0 Å². The molecule has 0 saturated carbocycles. The van der Waals surface area contributed by atoms with Crippen molar-refractivity contribution >= 4 is 5.91 Å². The van der Waals surface area contributed by atoms with E-state index in [0.717, 1.165) is 12.8 Å². The van der Waals surface area contributed by atoms with Crippen LogP contribution < -0.4 is 5.73 Å². The molecule has 4 nitrogen and oxygen atoms in total. The first-order chi connectivity index (χ1) is 7.98. The van der Waals surface area contributed by atoms with Gasteiger partial charge in [0.05, 0.1) is 24.2 Å². The highest BCUT2D eigenvalue weighted by atomic mass is 16.5. The first-order valence-electron chi connectivity index (χ1n) is 6.61. The number of rotatable bonds is 4. The number of ether oxygens (including phenoxy) is 1.